The van der Waals surface area contributed by atoms with Crippen LogP contribution in [-0.4, -0.2) is 66.5 Å². The first-order valence-corrected chi connectivity index (χ1v) is 6.81. The maximum Gasteiger partial charge on any atom is 0.237 e. The van der Waals surface area contributed by atoms with Crippen LogP contribution in [0.15, 0.2) is 0 Å². The Hall–Kier alpha value is -1.65. The van der Waals surface area contributed by atoms with Crippen LogP contribution in [0.25, 0.3) is 0 Å². The Morgan fingerprint density at radius 2 is 2.25 bits per heavy atom. The molecule has 1 heterocycles. The summed E-state index contributed by atoms with van der Waals surface area (Å²) in [5, 5.41) is 8.59. The van der Waals surface area contributed by atoms with Crippen molar-refractivity contribution in [3.8, 4) is 6.07 Å². The topological polar surface area (TPSA) is 99.7 Å². The molecule has 0 bridgehead atoms. The molecule has 2 amide bonds. The number of primary amides is 1. The lowest BCUT2D eigenvalue weighted by molar-refractivity contribution is -0.143. The van der Waals surface area contributed by atoms with Crippen molar-refractivity contribution in [2.45, 2.75) is 32.4 Å². The molecule has 112 valence electrons. The lowest BCUT2D eigenvalue weighted by Gasteiger charge is -2.38. The van der Waals surface area contributed by atoms with Crippen LogP contribution >= 0.6 is 0 Å². The third kappa shape index (κ3) is 4.18. The summed E-state index contributed by atoms with van der Waals surface area (Å²) in [4.78, 5) is 27.1. The number of ether oxygens (including phenoxy) is 1. The second-order valence-corrected chi connectivity index (χ2v) is 4.78. The zero-order chi connectivity index (χ0) is 15.1. The summed E-state index contributed by atoms with van der Waals surface area (Å²) < 4.78 is 5.40. The van der Waals surface area contributed by atoms with E-state index in [-0.39, 0.29) is 18.6 Å². The van der Waals surface area contributed by atoms with Crippen LogP contribution in [0.2, 0.25) is 0 Å². The van der Waals surface area contributed by atoms with E-state index in [9.17, 15) is 9.59 Å². The van der Waals surface area contributed by atoms with E-state index in [2.05, 4.69) is 0 Å². The highest BCUT2D eigenvalue weighted by Crippen LogP contribution is 2.14. The summed E-state index contributed by atoms with van der Waals surface area (Å²) in [5.74, 6) is -0.576. The molecule has 0 aromatic carbocycles. The van der Waals surface area contributed by atoms with Gasteiger partial charge in [-0.3, -0.25) is 14.5 Å². The molecule has 0 spiro atoms. The van der Waals surface area contributed by atoms with Gasteiger partial charge >= 0.3 is 0 Å². The minimum atomic E-state index is -0.581. The number of nitriles is 1. The van der Waals surface area contributed by atoms with E-state index in [1.165, 1.54) is 0 Å². The van der Waals surface area contributed by atoms with E-state index in [1.54, 1.807) is 16.7 Å². The number of likely N-dealkylation sites (N-methyl/N-ethyl adjacent to an activating group) is 1. The summed E-state index contributed by atoms with van der Waals surface area (Å²) in [7, 11) is 0. The van der Waals surface area contributed by atoms with Crippen molar-refractivity contribution in [3.05, 3.63) is 0 Å². The minimum absolute atomic E-state index is 0.0944. The highest BCUT2D eigenvalue weighted by molar-refractivity contribution is 5.83. The average Bonchev–Trinajstić information content (AvgIpc) is 2.39. The number of morpholine rings is 1. The van der Waals surface area contributed by atoms with Crippen LogP contribution < -0.4 is 5.73 Å². The number of nitrogens with two attached hydrogens (primary N) is 1. The number of hydrogen-bond donors (Lipinski definition) is 1. The number of hydrogen-bond acceptors (Lipinski definition) is 5. The van der Waals surface area contributed by atoms with Crippen molar-refractivity contribution < 1.29 is 14.3 Å². The molecular weight excluding hydrogens is 260 g/mol. The Bertz CT molecular complexity index is 394. The van der Waals surface area contributed by atoms with Gasteiger partial charge < -0.3 is 15.4 Å². The molecule has 1 fully saturated rings. The third-order valence-corrected chi connectivity index (χ3v) is 3.46. The van der Waals surface area contributed by atoms with Gasteiger partial charge in [0.2, 0.25) is 11.8 Å². The number of carbonyl (C=O) groups excluding carboxylic acids is 2. The summed E-state index contributed by atoms with van der Waals surface area (Å²) in [6, 6.07) is 1.44. The zero-order valence-corrected chi connectivity index (χ0v) is 12.0. The molecule has 7 heteroatoms. The predicted octanol–water partition coefficient (Wildman–Crippen LogP) is -0.677. The molecule has 20 heavy (non-hydrogen) atoms. The fourth-order valence-corrected chi connectivity index (χ4v) is 2.39. The molecule has 2 N–H and O–H groups in total. The fraction of sp³-hybridized carbons (Fsp3) is 0.769. The first-order chi connectivity index (χ1) is 9.51. The molecule has 0 radical (unpaired) electrons. The molecular formula is C13H22N4O3. The van der Waals surface area contributed by atoms with Crippen molar-refractivity contribution in [1.29, 1.82) is 5.26 Å². The van der Waals surface area contributed by atoms with E-state index < -0.39 is 11.9 Å². The van der Waals surface area contributed by atoms with E-state index >= 15 is 0 Å². The second-order valence-electron chi connectivity index (χ2n) is 4.78. The molecule has 2 atom stereocenters. The van der Waals surface area contributed by atoms with Crippen molar-refractivity contribution in [2.24, 2.45) is 5.73 Å². The highest BCUT2D eigenvalue weighted by atomic mass is 16.5. The van der Waals surface area contributed by atoms with Crippen molar-refractivity contribution in [1.82, 2.24) is 9.80 Å². The molecule has 1 rings (SSSR count). The van der Waals surface area contributed by atoms with Gasteiger partial charge in [0.05, 0.1) is 31.7 Å². The smallest absolute Gasteiger partial charge is 0.237 e. The number of rotatable bonds is 6. The molecule has 0 saturated carbocycles. The Morgan fingerprint density at radius 1 is 1.55 bits per heavy atom. The normalized spacial score (nSPS) is 23.1. The van der Waals surface area contributed by atoms with Crippen LogP contribution in [-0.2, 0) is 14.3 Å². The van der Waals surface area contributed by atoms with Crippen molar-refractivity contribution in [3.63, 3.8) is 0 Å². The van der Waals surface area contributed by atoms with Gasteiger partial charge in [-0.05, 0) is 13.8 Å². The zero-order valence-electron chi connectivity index (χ0n) is 12.0. The van der Waals surface area contributed by atoms with Gasteiger partial charge in [0, 0.05) is 19.6 Å². The third-order valence-electron chi connectivity index (χ3n) is 3.46. The lowest BCUT2D eigenvalue weighted by atomic mass is 10.1. The Morgan fingerprint density at radius 3 is 2.80 bits per heavy atom. The lowest BCUT2D eigenvalue weighted by Crippen LogP contribution is -2.58. The van der Waals surface area contributed by atoms with Gasteiger partial charge in [-0.25, -0.2) is 0 Å². The maximum absolute atomic E-state index is 12.2. The van der Waals surface area contributed by atoms with E-state index in [1.807, 2.05) is 13.0 Å². The standard InChI is InChI=1S/C13H22N4O3/c1-3-16(6-4-5-14)11(18)9-17-7-8-20-10(2)12(17)13(15)19/h10,12H,3-4,6-9H2,1-2H3,(H2,15,19)/t10-,12+/m1/s1. The van der Waals surface area contributed by atoms with Gasteiger partial charge in [-0.15, -0.1) is 0 Å². The SMILES string of the molecule is CCN(CCC#N)C(=O)CN1CCO[C@H](C)[C@H]1C(N)=O. The quantitative estimate of drug-likeness (QED) is 0.696. The van der Waals surface area contributed by atoms with Gasteiger partial charge in [0.1, 0.15) is 6.04 Å². The van der Waals surface area contributed by atoms with Crippen LogP contribution in [0.1, 0.15) is 20.3 Å². The van der Waals surface area contributed by atoms with Gasteiger partial charge in [0.15, 0.2) is 0 Å². The first-order valence-electron chi connectivity index (χ1n) is 6.81. The second kappa shape index (κ2) is 7.82. The van der Waals surface area contributed by atoms with Crippen molar-refractivity contribution in [2.75, 3.05) is 32.8 Å². The Kier molecular flexibility index (Phi) is 6.42. The average molecular weight is 282 g/mol. The summed E-state index contributed by atoms with van der Waals surface area (Å²) in [6.45, 7) is 5.69. The first kappa shape index (κ1) is 16.4. The van der Waals surface area contributed by atoms with Gasteiger partial charge in [-0.2, -0.15) is 5.26 Å². The highest BCUT2D eigenvalue weighted by Gasteiger charge is 2.35. The van der Waals surface area contributed by atoms with E-state index in [0.29, 0.717) is 32.7 Å². The molecule has 7 nitrogen and oxygen atoms in total. The summed E-state index contributed by atoms with van der Waals surface area (Å²) in [6.07, 6.45) is -0.0125. The molecule has 0 aliphatic carbocycles. The Balaban J connectivity index is 2.66. The largest absolute Gasteiger partial charge is 0.375 e. The van der Waals surface area contributed by atoms with Gasteiger partial charge in [0.25, 0.3) is 0 Å². The number of nitrogens with zero attached hydrogens (tertiary/aromatic N) is 3. The molecule has 1 aliphatic rings. The molecule has 1 saturated heterocycles. The molecule has 0 aromatic rings. The molecule has 0 unspecified atom stereocenters. The monoisotopic (exact) mass is 282 g/mol. The van der Waals surface area contributed by atoms with Crippen molar-refractivity contribution >= 4 is 11.8 Å². The molecule has 1 aliphatic heterocycles. The number of amides is 2. The summed E-state index contributed by atoms with van der Waals surface area (Å²) in [5.41, 5.74) is 5.38. The van der Waals surface area contributed by atoms with Crippen LogP contribution in [0, 0.1) is 11.3 Å². The van der Waals surface area contributed by atoms with Crippen LogP contribution in [0.3, 0.4) is 0 Å². The van der Waals surface area contributed by atoms with E-state index in [0.717, 1.165) is 0 Å². The van der Waals surface area contributed by atoms with E-state index in [4.69, 9.17) is 15.7 Å². The summed E-state index contributed by atoms with van der Waals surface area (Å²) >= 11 is 0. The maximum atomic E-state index is 12.2. The minimum Gasteiger partial charge on any atom is -0.375 e. The van der Waals surface area contributed by atoms with Crippen LogP contribution in [0.5, 0.6) is 0 Å². The molecule has 0 aromatic heterocycles. The van der Waals surface area contributed by atoms with Gasteiger partial charge in [-0.1, -0.05) is 0 Å². The van der Waals surface area contributed by atoms with Crippen LogP contribution in [0.4, 0.5) is 0 Å². The Labute approximate surface area is 119 Å². The number of carbonyl (C=O) groups is 2. The predicted molar refractivity (Wildman–Crippen MR) is 72.5 cm³/mol. The fourth-order valence-electron chi connectivity index (χ4n) is 2.39.